The Kier molecular flexibility index (Phi) is 6.30. The summed E-state index contributed by atoms with van der Waals surface area (Å²) in [7, 11) is 2.85. The van der Waals surface area contributed by atoms with Gasteiger partial charge in [-0.15, -0.1) is 0 Å². The minimum absolute atomic E-state index is 0.0498. The van der Waals surface area contributed by atoms with E-state index in [1.165, 1.54) is 49.2 Å². The Hall–Kier alpha value is -4.02. The van der Waals surface area contributed by atoms with Crippen LogP contribution in [0.4, 0.5) is 23.2 Å². The molecule has 7 nitrogen and oxygen atoms in total. The molecule has 1 aliphatic rings. The second-order valence-corrected chi connectivity index (χ2v) is 8.76. The molecular formula is C26H24F4N4O3. The van der Waals surface area contributed by atoms with Crippen LogP contribution in [0, 0.1) is 5.82 Å². The quantitative estimate of drug-likeness (QED) is 0.342. The molecule has 0 saturated carbocycles. The van der Waals surface area contributed by atoms with Crippen molar-refractivity contribution in [2.24, 2.45) is 0 Å². The van der Waals surface area contributed by atoms with E-state index in [1.807, 2.05) is 4.90 Å². The average Bonchev–Trinajstić information content (AvgIpc) is 3.45. The van der Waals surface area contributed by atoms with Gasteiger partial charge in [-0.3, -0.25) is 9.13 Å². The number of aromatic nitrogens is 3. The number of para-hydroxylation sites is 1. The molecular weight excluding hydrogens is 492 g/mol. The molecule has 1 atom stereocenters. The van der Waals surface area contributed by atoms with E-state index in [1.54, 1.807) is 22.8 Å². The van der Waals surface area contributed by atoms with Crippen molar-refractivity contribution in [1.29, 1.82) is 0 Å². The van der Waals surface area contributed by atoms with E-state index in [4.69, 9.17) is 9.47 Å². The molecule has 0 spiro atoms. The summed E-state index contributed by atoms with van der Waals surface area (Å²) in [5.41, 5.74) is -0.272. The number of imidazole rings is 1. The molecule has 0 N–H and O–H groups in total. The summed E-state index contributed by atoms with van der Waals surface area (Å²) in [6.07, 6.45) is -2.58. The molecule has 5 rings (SSSR count). The number of ether oxygens (including phenoxy) is 2. The first kappa shape index (κ1) is 24.7. The van der Waals surface area contributed by atoms with Gasteiger partial charge < -0.3 is 14.4 Å². The molecule has 3 heterocycles. The lowest BCUT2D eigenvalue weighted by molar-refractivity contribution is -0.138. The maximum absolute atomic E-state index is 14.7. The maximum atomic E-state index is 14.7. The molecule has 1 unspecified atom stereocenters. The van der Waals surface area contributed by atoms with Crippen LogP contribution in [0.3, 0.4) is 0 Å². The normalized spacial score (nSPS) is 15.9. The van der Waals surface area contributed by atoms with Crippen LogP contribution in [0.25, 0.3) is 11.0 Å². The number of anilines is 1. The number of hydrogen-bond acceptors (Lipinski definition) is 5. The van der Waals surface area contributed by atoms with E-state index in [-0.39, 0.29) is 24.0 Å². The highest BCUT2D eigenvalue weighted by Crippen LogP contribution is 2.37. The van der Waals surface area contributed by atoms with Crippen molar-refractivity contribution in [2.75, 3.05) is 32.2 Å². The standard InChI is InChI=1S/C26H24F4N4O3/c1-36-21-9-5-8-19(27)22(21)32-13-11-17(15-32)34-20-10-12-31-24(37-2)23(20)33(25(34)35)14-16-6-3-4-7-18(16)26(28,29)30/h3-10,12,17H,11,13-15H2,1-2H3. The van der Waals surface area contributed by atoms with E-state index in [0.29, 0.717) is 42.0 Å². The third kappa shape index (κ3) is 4.28. The van der Waals surface area contributed by atoms with Crippen LogP contribution < -0.4 is 20.1 Å². The molecule has 1 aliphatic heterocycles. The van der Waals surface area contributed by atoms with E-state index in [0.717, 1.165) is 6.07 Å². The van der Waals surface area contributed by atoms with Gasteiger partial charge in [0.15, 0.2) is 0 Å². The Labute approximate surface area is 209 Å². The minimum atomic E-state index is -4.58. The molecule has 0 bridgehead atoms. The molecule has 2 aromatic heterocycles. The van der Waals surface area contributed by atoms with Crippen molar-refractivity contribution < 1.29 is 27.0 Å². The first-order valence-corrected chi connectivity index (χ1v) is 11.6. The zero-order valence-corrected chi connectivity index (χ0v) is 20.1. The fourth-order valence-electron chi connectivity index (χ4n) is 5.08. The molecule has 0 aliphatic carbocycles. The Balaban J connectivity index is 1.61. The zero-order chi connectivity index (χ0) is 26.3. The van der Waals surface area contributed by atoms with Gasteiger partial charge in [-0.25, -0.2) is 14.2 Å². The predicted octanol–water partition coefficient (Wildman–Crippen LogP) is 4.87. The van der Waals surface area contributed by atoms with Gasteiger partial charge in [0.1, 0.15) is 22.8 Å². The highest BCUT2D eigenvalue weighted by Gasteiger charge is 2.35. The molecule has 0 amide bonds. The number of halogens is 4. The first-order valence-electron chi connectivity index (χ1n) is 11.6. The van der Waals surface area contributed by atoms with Gasteiger partial charge in [-0.2, -0.15) is 13.2 Å². The van der Waals surface area contributed by atoms with Crippen molar-refractivity contribution in [1.82, 2.24) is 14.1 Å². The second-order valence-electron chi connectivity index (χ2n) is 8.76. The van der Waals surface area contributed by atoms with Gasteiger partial charge in [0.2, 0.25) is 5.88 Å². The van der Waals surface area contributed by atoms with Crippen molar-refractivity contribution in [2.45, 2.75) is 25.2 Å². The van der Waals surface area contributed by atoms with Gasteiger partial charge in [0, 0.05) is 19.3 Å². The fourth-order valence-corrected chi connectivity index (χ4v) is 5.08. The molecule has 2 aromatic carbocycles. The minimum Gasteiger partial charge on any atom is -0.494 e. The van der Waals surface area contributed by atoms with Gasteiger partial charge in [0.25, 0.3) is 0 Å². The number of pyridine rings is 1. The Morgan fingerprint density at radius 2 is 1.84 bits per heavy atom. The summed E-state index contributed by atoms with van der Waals surface area (Å²) in [6.45, 7) is 0.442. The average molecular weight is 516 g/mol. The number of methoxy groups -OCH3 is 2. The molecule has 37 heavy (non-hydrogen) atoms. The van der Waals surface area contributed by atoms with Crippen molar-refractivity contribution in [3.63, 3.8) is 0 Å². The van der Waals surface area contributed by atoms with Crippen LogP contribution in [-0.4, -0.2) is 41.4 Å². The summed E-state index contributed by atoms with van der Waals surface area (Å²) >= 11 is 0. The zero-order valence-electron chi connectivity index (χ0n) is 20.1. The number of hydrogen-bond donors (Lipinski definition) is 0. The van der Waals surface area contributed by atoms with Crippen LogP contribution in [0.1, 0.15) is 23.6 Å². The highest BCUT2D eigenvalue weighted by molar-refractivity contribution is 5.81. The summed E-state index contributed by atoms with van der Waals surface area (Å²) in [5.74, 6) is 0.0675. The van der Waals surface area contributed by atoms with Crippen LogP contribution in [0.2, 0.25) is 0 Å². The summed E-state index contributed by atoms with van der Waals surface area (Å²) < 4.78 is 69.3. The van der Waals surface area contributed by atoms with Crippen LogP contribution in [0.5, 0.6) is 11.6 Å². The Morgan fingerprint density at radius 1 is 1.05 bits per heavy atom. The van der Waals surface area contributed by atoms with Gasteiger partial charge >= 0.3 is 11.9 Å². The van der Waals surface area contributed by atoms with Crippen LogP contribution in [0.15, 0.2) is 59.5 Å². The molecule has 194 valence electrons. The number of nitrogens with zero attached hydrogens (tertiary/aromatic N) is 4. The van der Waals surface area contributed by atoms with Gasteiger partial charge in [-0.1, -0.05) is 24.3 Å². The van der Waals surface area contributed by atoms with Crippen molar-refractivity contribution >= 4 is 16.7 Å². The predicted molar refractivity (Wildman–Crippen MR) is 130 cm³/mol. The third-order valence-corrected chi connectivity index (χ3v) is 6.69. The van der Waals surface area contributed by atoms with E-state index < -0.39 is 23.2 Å². The van der Waals surface area contributed by atoms with Crippen LogP contribution in [-0.2, 0) is 12.7 Å². The van der Waals surface area contributed by atoms with Gasteiger partial charge in [-0.05, 0) is 36.2 Å². The summed E-state index contributed by atoms with van der Waals surface area (Å²) in [6, 6.07) is 11.0. The van der Waals surface area contributed by atoms with Crippen molar-refractivity contribution in [3.05, 3.63) is 82.2 Å². The summed E-state index contributed by atoms with van der Waals surface area (Å²) in [5, 5.41) is 0. The van der Waals surface area contributed by atoms with E-state index in [2.05, 4.69) is 4.98 Å². The van der Waals surface area contributed by atoms with Crippen LogP contribution >= 0.6 is 0 Å². The molecule has 0 radical (unpaired) electrons. The van der Waals surface area contributed by atoms with Gasteiger partial charge in [0.05, 0.1) is 37.9 Å². The monoisotopic (exact) mass is 516 g/mol. The molecule has 11 heteroatoms. The van der Waals surface area contributed by atoms with Crippen molar-refractivity contribution in [3.8, 4) is 11.6 Å². The topological polar surface area (TPSA) is 61.5 Å². The first-order chi connectivity index (χ1) is 17.7. The fraction of sp³-hybridized carbons (Fsp3) is 0.308. The molecule has 4 aromatic rings. The van der Waals surface area contributed by atoms with E-state index >= 15 is 0 Å². The SMILES string of the molecule is COc1cccc(F)c1N1CCC(n2c(=O)n(Cc3ccccc3C(F)(F)F)c3c(OC)nccc32)C1. The third-order valence-electron chi connectivity index (χ3n) is 6.69. The largest absolute Gasteiger partial charge is 0.494 e. The highest BCUT2D eigenvalue weighted by atomic mass is 19.4. The maximum Gasteiger partial charge on any atom is 0.416 e. The lowest BCUT2D eigenvalue weighted by atomic mass is 10.1. The molecule has 1 saturated heterocycles. The lowest BCUT2D eigenvalue weighted by Gasteiger charge is -2.22. The smallest absolute Gasteiger partial charge is 0.416 e. The Morgan fingerprint density at radius 3 is 2.57 bits per heavy atom. The van der Waals surface area contributed by atoms with E-state index in [9.17, 15) is 22.4 Å². The number of alkyl halides is 3. The molecule has 1 fully saturated rings. The number of fused-ring (bicyclic) bond motifs is 1. The Bertz CT molecular complexity index is 1510. The number of benzene rings is 2. The second kappa shape index (κ2) is 9.45. The summed E-state index contributed by atoms with van der Waals surface area (Å²) in [4.78, 5) is 19.8. The number of rotatable bonds is 6. The lowest BCUT2D eigenvalue weighted by Crippen LogP contribution is -2.30.